The fraction of sp³-hybridized carbons (Fsp3) is 0.458. The zero-order valence-electron chi connectivity index (χ0n) is 17.3. The molecule has 0 N–H and O–H groups in total. The zero-order chi connectivity index (χ0) is 20.1. The number of nitrogens with zero attached hydrogens (tertiary/aromatic N) is 1. The number of carbonyl (C=O) groups is 1. The molecule has 0 amide bonds. The Balaban J connectivity index is 1.75. The number of hydrogen-bond acceptors (Lipinski definition) is 4. The molecule has 0 spiro atoms. The number of esters is 1. The van der Waals surface area contributed by atoms with Gasteiger partial charge in [-0.15, -0.1) is 0 Å². The van der Waals surface area contributed by atoms with E-state index < -0.39 is 0 Å². The molecule has 2 aromatic carbocycles. The van der Waals surface area contributed by atoms with E-state index in [0.29, 0.717) is 18.5 Å². The van der Waals surface area contributed by atoms with Crippen LogP contribution in [0.25, 0.3) is 0 Å². The predicted octanol–water partition coefficient (Wildman–Crippen LogP) is 4.44. The molecule has 0 bridgehead atoms. The van der Waals surface area contributed by atoms with E-state index in [4.69, 9.17) is 9.47 Å². The molecule has 0 unspecified atom stereocenters. The first-order chi connectivity index (χ1) is 13.5. The van der Waals surface area contributed by atoms with Crippen molar-refractivity contribution in [2.45, 2.75) is 57.2 Å². The van der Waals surface area contributed by atoms with Crippen LogP contribution in [0, 0.1) is 0 Å². The maximum Gasteiger partial charge on any atom is 0.314 e. The number of ether oxygens (including phenoxy) is 2. The molecule has 1 aliphatic heterocycles. The normalized spacial score (nSPS) is 23.8. The van der Waals surface area contributed by atoms with E-state index in [1.54, 1.807) is 7.11 Å². The summed E-state index contributed by atoms with van der Waals surface area (Å²) in [5, 5.41) is 0. The van der Waals surface area contributed by atoms with E-state index in [-0.39, 0.29) is 18.0 Å². The number of likely N-dealkylation sites (tertiary alicyclic amines) is 1. The van der Waals surface area contributed by atoms with E-state index >= 15 is 0 Å². The highest BCUT2D eigenvalue weighted by molar-refractivity contribution is 5.78. The zero-order valence-corrected chi connectivity index (χ0v) is 17.3. The minimum Gasteiger partial charge on any atom is -0.497 e. The van der Waals surface area contributed by atoms with Gasteiger partial charge in [-0.2, -0.15) is 0 Å². The smallest absolute Gasteiger partial charge is 0.314 e. The van der Waals surface area contributed by atoms with Gasteiger partial charge in [0.05, 0.1) is 13.0 Å². The molecule has 3 atom stereocenters. The summed E-state index contributed by atoms with van der Waals surface area (Å²) in [5.74, 6) is 0.382. The summed E-state index contributed by atoms with van der Waals surface area (Å²) in [6, 6.07) is 18.7. The molecule has 3 rings (SSSR count). The molecule has 1 heterocycles. The van der Waals surface area contributed by atoms with Crippen LogP contribution in [0.1, 0.15) is 43.7 Å². The summed E-state index contributed by atoms with van der Waals surface area (Å²) in [6.45, 7) is 4.39. The van der Waals surface area contributed by atoms with E-state index in [1.807, 2.05) is 54.6 Å². The minimum absolute atomic E-state index is 0.0178. The Kier molecular flexibility index (Phi) is 6.74. The fourth-order valence-electron chi connectivity index (χ4n) is 3.99. The van der Waals surface area contributed by atoms with Crippen LogP contribution in [0.2, 0.25) is 0 Å². The van der Waals surface area contributed by atoms with Crippen LogP contribution in [-0.2, 0) is 16.0 Å². The van der Waals surface area contributed by atoms with Gasteiger partial charge < -0.3 is 14.4 Å². The van der Waals surface area contributed by atoms with Gasteiger partial charge in [-0.1, -0.05) is 42.5 Å². The largest absolute Gasteiger partial charge is 0.497 e. The fourth-order valence-corrected chi connectivity index (χ4v) is 3.99. The third kappa shape index (κ3) is 4.93. The third-order valence-electron chi connectivity index (χ3n) is 5.97. The van der Waals surface area contributed by atoms with Crippen LogP contribution < -0.4 is 4.74 Å². The van der Waals surface area contributed by atoms with Gasteiger partial charge in [0.15, 0.2) is 0 Å². The van der Waals surface area contributed by atoms with Crippen molar-refractivity contribution in [1.82, 2.24) is 4.90 Å². The number of carbonyl (C=O) groups excluding carboxylic acids is 1. The van der Waals surface area contributed by atoms with Crippen molar-refractivity contribution in [2.75, 3.05) is 14.2 Å². The van der Waals surface area contributed by atoms with Crippen molar-refractivity contribution >= 4 is 5.97 Å². The number of methoxy groups -OCH3 is 1. The van der Waals surface area contributed by atoms with Gasteiger partial charge in [0.25, 0.3) is 0 Å². The molecule has 2 aromatic rings. The van der Waals surface area contributed by atoms with Crippen molar-refractivity contribution in [3.63, 3.8) is 0 Å². The predicted molar refractivity (Wildman–Crippen MR) is 112 cm³/mol. The molecular weight excluding hydrogens is 350 g/mol. The Morgan fingerprint density at radius 3 is 2.21 bits per heavy atom. The topological polar surface area (TPSA) is 38.8 Å². The molecule has 150 valence electrons. The molecule has 0 saturated carbocycles. The number of hydrogen-bond donors (Lipinski definition) is 0. The Labute approximate surface area is 168 Å². The lowest BCUT2D eigenvalue weighted by Gasteiger charge is -2.40. The monoisotopic (exact) mass is 381 g/mol. The highest BCUT2D eigenvalue weighted by Gasteiger charge is 2.32. The lowest BCUT2D eigenvalue weighted by atomic mass is 9.91. The van der Waals surface area contributed by atoms with Gasteiger partial charge in [0.2, 0.25) is 0 Å². The standard InChI is InChI=1S/C24H31NO3/c1-17-14-22(15-18(2)25(17)3)28-24(26)23(20-8-6-5-7-9-20)16-19-10-12-21(27-4)13-11-19/h5-13,17-18,22-23H,14-16H2,1-4H3/t17-,18-,23-/m0/s1. The molecule has 1 aliphatic rings. The van der Waals surface area contributed by atoms with Gasteiger partial charge in [0, 0.05) is 12.1 Å². The lowest BCUT2D eigenvalue weighted by molar-refractivity contribution is -0.155. The summed E-state index contributed by atoms with van der Waals surface area (Å²) in [4.78, 5) is 15.5. The highest BCUT2D eigenvalue weighted by Crippen LogP contribution is 2.28. The van der Waals surface area contributed by atoms with Crippen LogP contribution in [0.3, 0.4) is 0 Å². The summed E-state index contributed by atoms with van der Waals surface area (Å²) in [5.41, 5.74) is 2.09. The van der Waals surface area contributed by atoms with Crippen LogP contribution in [0.5, 0.6) is 5.75 Å². The van der Waals surface area contributed by atoms with Crippen LogP contribution in [-0.4, -0.2) is 43.2 Å². The average Bonchev–Trinajstić information content (AvgIpc) is 2.71. The van der Waals surface area contributed by atoms with Crippen molar-refractivity contribution in [3.8, 4) is 5.75 Å². The number of piperidine rings is 1. The maximum absolute atomic E-state index is 13.2. The Bertz CT molecular complexity index is 747. The molecule has 4 heteroatoms. The summed E-state index contributed by atoms with van der Waals surface area (Å²) in [6.07, 6.45) is 2.37. The molecule has 1 fully saturated rings. The first kappa shape index (κ1) is 20.4. The van der Waals surface area contributed by atoms with Crippen LogP contribution >= 0.6 is 0 Å². The second-order valence-corrected chi connectivity index (χ2v) is 7.91. The maximum atomic E-state index is 13.2. The van der Waals surface area contributed by atoms with Crippen LogP contribution in [0.15, 0.2) is 54.6 Å². The van der Waals surface area contributed by atoms with E-state index in [2.05, 4.69) is 25.8 Å². The average molecular weight is 382 g/mol. The summed E-state index contributed by atoms with van der Waals surface area (Å²) < 4.78 is 11.3. The Hall–Kier alpha value is -2.33. The first-order valence-corrected chi connectivity index (χ1v) is 10.1. The Morgan fingerprint density at radius 2 is 1.64 bits per heavy atom. The molecular formula is C24H31NO3. The molecule has 4 nitrogen and oxygen atoms in total. The van der Waals surface area contributed by atoms with Gasteiger partial charge in [-0.05, 0) is 63.4 Å². The second-order valence-electron chi connectivity index (χ2n) is 7.91. The van der Waals surface area contributed by atoms with Gasteiger partial charge in [-0.3, -0.25) is 4.79 Å². The number of benzene rings is 2. The molecule has 0 aromatic heterocycles. The quantitative estimate of drug-likeness (QED) is 0.694. The van der Waals surface area contributed by atoms with Gasteiger partial charge in [-0.25, -0.2) is 0 Å². The first-order valence-electron chi connectivity index (χ1n) is 10.1. The minimum atomic E-state index is -0.306. The van der Waals surface area contributed by atoms with Crippen molar-refractivity contribution in [2.24, 2.45) is 0 Å². The highest BCUT2D eigenvalue weighted by atomic mass is 16.5. The lowest BCUT2D eigenvalue weighted by Crippen LogP contribution is -2.47. The van der Waals surface area contributed by atoms with Crippen LogP contribution in [0.4, 0.5) is 0 Å². The molecule has 0 aliphatic carbocycles. The van der Waals surface area contributed by atoms with Gasteiger partial charge >= 0.3 is 5.97 Å². The van der Waals surface area contributed by atoms with E-state index in [1.165, 1.54) is 0 Å². The SMILES string of the molecule is COc1ccc(C[C@H](C(=O)OC2C[C@H](C)N(C)[C@@H](C)C2)c2ccccc2)cc1. The van der Waals surface area contributed by atoms with Crippen molar-refractivity contribution in [3.05, 3.63) is 65.7 Å². The summed E-state index contributed by atoms with van der Waals surface area (Å²) >= 11 is 0. The molecule has 0 radical (unpaired) electrons. The Morgan fingerprint density at radius 1 is 1.04 bits per heavy atom. The number of rotatable bonds is 6. The molecule has 1 saturated heterocycles. The van der Waals surface area contributed by atoms with E-state index in [9.17, 15) is 4.79 Å². The molecule has 28 heavy (non-hydrogen) atoms. The second kappa shape index (κ2) is 9.24. The van der Waals surface area contributed by atoms with Gasteiger partial charge in [0.1, 0.15) is 11.9 Å². The summed E-state index contributed by atoms with van der Waals surface area (Å²) in [7, 11) is 3.80. The third-order valence-corrected chi connectivity index (χ3v) is 5.97. The van der Waals surface area contributed by atoms with Crippen molar-refractivity contribution < 1.29 is 14.3 Å². The van der Waals surface area contributed by atoms with Crippen molar-refractivity contribution in [1.29, 1.82) is 0 Å². The van der Waals surface area contributed by atoms with E-state index in [0.717, 1.165) is 29.7 Å².